The van der Waals surface area contributed by atoms with E-state index in [1.54, 1.807) is 6.92 Å². The number of sulfone groups is 1. The number of hydrogen-bond donors (Lipinski definition) is 1. The van der Waals surface area contributed by atoms with Crippen molar-refractivity contribution >= 4 is 9.84 Å². The van der Waals surface area contributed by atoms with Gasteiger partial charge in [-0.1, -0.05) is 27.7 Å². The van der Waals surface area contributed by atoms with Crippen molar-refractivity contribution in [2.45, 2.75) is 66.2 Å². The van der Waals surface area contributed by atoms with Crippen molar-refractivity contribution in [3.05, 3.63) is 0 Å². The molecule has 0 radical (unpaired) electrons. The van der Waals surface area contributed by atoms with Gasteiger partial charge in [-0.15, -0.1) is 0 Å². The van der Waals surface area contributed by atoms with Crippen molar-refractivity contribution in [3.8, 4) is 0 Å². The van der Waals surface area contributed by atoms with E-state index in [0.717, 1.165) is 31.8 Å². The Morgan fingerprint density at radius 2 is 1.90 bits per heavy atom. The predicted octanol–water partition coefficient (Wildman–Crippen LogP) is 3.64. The highest BCUT2D eigenvalue weighted by atomic mass is 32.2. The summed E-state index contributed by atoms with van der Waals surface area (Å²) in [6.07, 6.45) is 6.92. The van der Waals surface area contributed by atoms with Gasteiger partial charge < -0.3 is 5.32 Å². The lowest BCUT2D eigenvalue weighted by atomic mass is 9.66. The summed E-state index contributed by atoms with van der Waals surface area (Å²) in [4.78, 5) is 0. The quantitative estimate of drug-likeness (QED) is 0.660. The maximum Gasteiger partial charge on any atom is 0.150 e. The Labute approximate surface area is 132 Å². The number of hydrogen-bond acceptors (Lipinski definition) is 3. The van der Waals surface area contributed by atoms with Gasteiger partial charge in [0, 0.05) is 5.75 Å². The van der Waals surface area contributed by atoms with Crippen LogP contribution < -0.4 is 5.32 Å². The third-order valence-electron chi connectivity index (χ3n) is 4.98. The predicted molar refractivity (Wildman–Crippen MR) is 91.3 cm³/mol. The van der Waals surface area contributed by atoms with Crippen LogP contribution in [0.5, 0.6) is 0 Å². The topological polar surface area (TPSA) is 46.2 Å². The first-order chi connectivity index (χ1) is 9.79. The summed E-state index contributed by atoms with van der Waals surface area (Å²) < 4.78 is 23.3. The van der Waals surface area contributed by atoms with Gasteiger partial charge in [-0.2, -0.15) is 0 Å². The zero-order valence-electron chi connectivity index (χ0n) is 14.5. The van der Waals surface area contributed by atoms with Crippen molar-refractivity contribution in [2.24, 2.45) is 17.3 Å². The van der Waals surface area contributed by atoms with Crippen LogP contribution in [0, 0.1) is 17.3 Å². The van der Waals surface area contributed by atoms with Gasteiger partial charge in [0.2, 0.25) is 0 Å². The van der Waals surface area contributed by atoms with Crippen LogP contribution in [0.2, 0.25) is 0 Å². The van der Waals surface area contributed by atoms with E-state index in [-0.39, 0.29) is 5.75 Å². The Hall–Kier alpha value is -0.0900. The van der Waals surface area contributed by atoms with Crippen LogP contribution in [-0.4, -0.2) is 33.0 Å². The first-order valence-corrected chi connectivity index (χ1v) is 10.5. The van der Waals surface area contributed by atoms with Gasteiger partial charge in [-0.05, 0) is 68.9 Å². The molecule has 21 heavy (non-hydrogen) atoms. The lowest BCUT2D eigenvalue weighted by Crippen LogP contribution is -2.36. The maximum absolute atomic E-state index is 11.6. The molecule has 3 nitrogen and oxygen atoms in total. The molecule has 0 heterocycles. The largest absolute Gasteiger partial charge is 0.316 e. The summed E-state index contributed by atoms with van der Waals surface area (Å²) in [6, 6.07) is 0. The van der Waals surface area contributed by atoms with Crippen LogP contribution in [0.4, 0.5) is 0 Å². The second-order valence-corrected chi connectivity index (χ2v) is 9.98. The first kappa shape index (κ1) is 19.0. The van der Waals surface area contributed by atoms with Gasteiger partial charge >= 0.3 is 0 Å². The SMILES string of the molecule is CCCNCC1CCC(C)(C)CC1CCCS(=O)(=O)CC. The van der Waals surface area contributed by atoms with Crippen molar-refractivity contribution < 1.29 is 8.42 Å². The molecule has 1 aliphatic carbocycles. The van der Waals surface area contributed by atoms with Gasteiger partial charge in [-0.25, -0.2) is 8.42 Å². The average molecular weight is 318 g/mol. The van der Waals surface area contributed by atoms with Crippen molar-refractivity contribution in [2.75, 3.05) is 24.6 Å². The molecule has 4 heteroatoms. The summed E-state index contributed by atoms with van der Waals surface area (Å²) in [5, 5.41) is 3.56. The van der Waals surface area contributed by atoms with Crippen LogP contribution in [-0.2, 0) is 9.84 Å². The molecular weight excluding hydrogens is 282 g/mol. The molecule has 0 aliphatic heterocycles. The van der Waals surface area contributed by atoms with E-state index in [4.69, 9.17) is 0 Å². The van der Waals surface area contributed by atoms with Crippen LogP contribution in [0.15, 0.2) is 0 Å². The zero-order valence-corrected chi connectivity index (χ0v) is 15.3. The summed E-state index contributed by atoms with van der Waals surface area (Å²) in [6.45, 7) is 10.9. The van der Waals surface area contributed by atoms with Crippen LogP contribution in [0.1, 0.15) is 66.2 Å². The summed E-state index contributed by atoms with van der Waals surface area (Å²) >= 11 is 0. The van der Waals surface area contributed by atoms with E-state index in [0.29, 0.717) is 17.1 Å². The lowest BCUT2D eigenvalue weighted by Gasteiger charge is -2.41. The Kier molecular flexibility index (Phi) is 7.69. The molecule has 0 bridgehead atoms. The van der Waals surface area contributed by atoms with E-state index < -0.39 is 9.84 Å². The Balaban J connectivity index is 2.50. The third kappa shape index (κ3) is 7.14. The van der Waals surface area contributed by atoms with Crippen molar-refractivity contribution in [1.82, 2.24) is 5.32 Å². The number of rotatable bonds is 9. The summed E-state index contributed by atoms with van der Waals surface area (Å²) in [7, 11) is -2.80. The maximum atomic E-state index is 11.6. The minimum Gasteiger partial charge on any atom is -0.316 e. The van der Waals surface area contributed by atoms with Gasteiger partial charge in [0.1, 0.15) is 9.84 Å². The summed E-state index contributed by atoms with van der Waals surface area (Å²) in [5.41, 5.74) is 0.426. The van der Waals surface area contributed by atoms with Crippen molar-refractivity contribution in [3.63, 3.8) is 0 Å². The van der Waals surface area contributed by atoms with Gasteiger partial charge in [0.15, 0.2) is 0 Å². The fourth-order valence-electron chi connectivity index (χ4n) is 3.57. The molecule has 1 rings (SSSR count). The van der Waals surface area contributed by atoms with Crippen LogP contribution in [0.3, 0.4) is 0 Å². The van der Waals surface area contributed by atoms with E-state index in [2.05, 4.69) is 26.1 Å². The Morgan fingerprint density at radius 3 is 2.52 bits per heavy atom. The molecule has 1 aliphatic rings. The molecule has 1 N–H and O–H groups in total. The average Bonchev–Trinajstić information content (AvgIpc) is 2.40. The molecule has 0 saturated heterocycles. The molecule has 2 unspecified atom stereocenters. The molecule has 126 valence electrons. The standard InChI is InChI=1S/C17H35NO2S/c1-5-11-18-14-16-9-10-17(3,4)13-15(16)8-7-12-21(19,20)6-2/h15-16,18H,5-14H2,1-4H3. The molecule has 0 aromatic heterocycles. The molecule has 0 spiro atoms. The number of nitrogens with one attached hydrogen (secondary N) is 1. The lowest BCUT2D eigenvalue weighted by molar-refractivity contribution is 0.109. The van der Waals surface area contributed by atoms with E-state index >= 15 is 0 Å². The molecule has 1 saturated carbocycles. The Bertz CT molecular complexity index is 390. The van der Waals surface area contributed by atoms with Crippen LogP contribution >= 0.6 is 0 Å². The van der Waals surface area contributed by atoms with Crippen molar-refractivity contribution in [1.29, 1.82) is 0 Å². The van der Waals surface area contributed by atoms with Crippen LogP contribution in [0.25, 0.3) is 0 Å². The third-order valence-corrected chi connectivity index (χ3v) is 6.77. The van der Waals surface area contributed by atoms with Gasteiger partial charge in [-0.3, -0.25) is 0 Å². The van der Waals surface area contributed by atoms with Gasteiger partial charge in [0.25, 0.3) is 0 Å². The van der Waals surface area contributed by atoms with E-state index in [9.17, 15) is 8.42 Å². The van der Waals surface area contributed by atoms with E-state index in [1.807, 2.05) is 0 Å². The second kappa shape index (κ2) is 8.52. The fourth-order valence-corrected chi connectivity index (χ4v) is 4.47. The zero-order chi connectivity index (χ0) is 15.9. The molecule has 1 fully saturated rings. The smallest absolute Gasteiger partial charge is 0.150 e. The molecular formula is C17H35NO2S. The minimum atomic E-state index is -2.80. The minimum absolute atomic E-state index is 0.282. The fraction of sp³-hybridized carbons (Fsp3) is 1.00. The van der Waals surface area contributed by atoms with Gasteiger partial charge in [0.05, 0.1) is 5.75 Å². The monoisotopic (exact) mass is 317 g/mol. The highest BCUT2D eigenvalue weighted by Gasteiger charge is 2.34. The summed E-state index contributed by atoms with van der Waals surface area (Å²) in [5.74, 6) is 2.07. The molecule has 0 amide bonds. The molecule has 2 atom stereocenters. The molecule has 0 aromatic carbocycles. The molecule has 0 aromatic rings. The second-order valence-electron chi connectivity index (χ2n) is 7.51. The van der Waals surface area contributed by atoms with E-state index in [1.165, 1.54) is 25.7 Å². The Morgan fingerprint density at radius 1 is 1.19 bits per heavy atom. The highest BCUT2D eigenvalue weighted by molar-refractivity contribution is 7.91. The highest BCUT2D eigenvalue weighted by Crippen LogP contribution is 2.43. The first-order valence-electron chi connectivity index (χ1n) is 8.71. The normalized spacial score (nSPS) is 25.9.